The maximum Gasteiger partial charge on any atom is 0.223 e. The highest BCUT2D eigenvalue weighted by Crippen LogP contribution is 2.38. The molecule has 34 heavy (non-hydrogen) atoms. The molecule has 1 fully saturated rings. The maximum atomic E-state index is 13.6. The lowest BCUT2D eigenvalue weighted by Gasteiger charge is -2.25. The Balaban J connectivity index is 1.50. The molecule has 1 aliphatic heterocycles. The number of amides is 1. The van der Waals surface area contributed by atoms with Crippen LogP contribution >= 0.6 is 0 Å². The first-order valence-corrected chi connectivity index (χ1v) is 11.2. The van der Waals surface area contributed by atoms with Gasteiger partial charge in [0, 0.05) is 30.3 Å². The number of rotatable bonds is 6. The van der Waals surface area contributed by atoms with Crippen LogP contribution in [0.5, 0.6) is 5.75 Å². The summed E-state index contributed by atoms with van der Waals surface area (Å²) in [7, 11) is 0. The molecule has 0 radical (unpaired) electrons. The average molecular weight is 459 g/mol. The average Bonchev–Trinajstić information content (AvgIpc) is 3.43. The summed E-state index contributed by atoms with van der Waals surface area (Å²) in [6, 6.07) is 18.9. The standard InChI is InChI=1S/C27H23F2N3O2/c28-20-5-3-19(4-6-20)27-24(17-32(30-27)22-9-7-21(29)8-10-22)25-13-14-26(34)31(25)16-15-18-1-11-23(33)12-2-18/h1-12,17,25,33H,13-16H2. The molecule has 0 bridgehead atoms. The molecule has 0 saturated carbocycles. The molecule has 1 saturated heterocycles. The van der Waals surface area contributed by atoms with Gasteiger partial charge in [0.05, 0.1) is 17.4 Å². The molecule has 172 valence electrons. The fourth-order valence-corrected chi connectivity index (χ4v) is 4.44. The van der Waals surface area contributed by atoms with Gasteiger partial charge >= 0.3 is 0 Å². The molecule has 0 aliphatic carbocycles. The molecule has 4 aromatic rings. The van der Waals surface area contributed by atoms with E-state index >= 15 is 0 Å². The van der Waals surface area contributed by atoms with Gasteiger partial charge in [-0.3, -0.25) is 4.79 Å². The van der Waals surface area contributed by atoms with Crippen LogP contribution < -0.4 is 0 Å². The Labute approximate surface area is 195 Å². The quantitative estimate of drug-likeness (QED) is 0.418. The first-order chi connectivity index (χ1) is 16.5. The van der Waals surface area contributed by atoms with E-state index < -0.39 is 0 Å². The van der Waals surface area contributed by atoms with Crippen molar-refractivity contribution in [3.05, 3.63) is 102 Å². The zero-order valence-corrected chi connectivity index (χ0v) is 18.4. The van der Waals surface area contributed by atoms with Crippen LogP contribution in [0.25, 0.3) is 16.9 Å². The van der Waals surface area contributed by atoms with E-state index in [-0.39, 0.29) is 29.3 Å². The van der Waals surface area contributed by atoms with Gasteiger partial charge in [-0.2, -0.15) is 5.10 Å². The Kier molecular flexibility index (Phi) is 5.84. The number of phenols is 1. The van der Waals surface area contributed by atoms with Gasteiger partial charge in [0.2, 0.25) is 5.91 Å². The van der Waals surface area contributed by atoms with Gasteiger partial charge in [-0.15, -0.1) is 0 Å². The summed E-state index contributed by atoms with van der Waals surface area (Å²) in [5.41, 5.74) is 3.99. The van der Waals surface area contributed by atoms with Crippen LogP contribution in [0, 0.1) is 11.6 Å². The van der Waals surface area contributed by atoms with Crippen molar-refractivity contribution in [1.29, 1.82) is 0 Å². The van der Waals surface area contributed by atoms with E-state index in [2.05, 4.69) is 0 Å². The lowest BCUT2D eigenvalue weighted by Crippen LogP contribution is -2.30. The highest BCUT2D eigenvalue weighted by atomic mass is 19.1. The normalized spacial score (nSPS) is 15.8. The first kappa shape index (κ1) is 21.8. The molecule has 1 aliphatic rings. The molecule has 1 N–H and O–H groups in total. The summed E-state index contributed by atoms with van der Waals surface area (Å²) < 4.78 is 28.7. The van der Waals surface area contributed by atoms with E-state index in [9.17, 15) is 18.7 Å². The van der Waals surface area contributed by atoms with E-state index in [0.29, 0.717) is 37.2 Å². The molecular formula is C27H23F2N3O2. The zero-order chi connectivity index (χ0) is 23.7. The van der Waals surface area contributed by atoms with Crippen LogP contribution in [0.2, 0.25) is 0 Å². The monoisotopic (exact) mass is 459 g/mol. The van der Waals surface area contributed by atoms with Crippen LogP contribution in [0.3, 0.4) is 0 Å². The van der Waals surface area contributed by atoms with Crippen molar-refractivity contribution in [1.82, 2.24) is 14.7 Å². The Morgan fingerprint density at radius 1 is 0.912 bits per heavy atom. The van der Waals surface area contributed by atoms with Crippen LogP contribution in [-0.2, 0) is 11.2 Å². The number of likely N-dealkylation sites (tertiary alicyclic amines) is 1. The Hall–Kier alpha value is -4.00. The molecule has 2 heterocycles. The van der Waals surface area contributed by atoms with Crippen LogP contribution in [0.1, 0.15) is 30.0 Å². The van der Waals surface area contributed by atoms with Crippen molar-refractivity contribution in [2.24, 2.45) is 0 Å². The number of aromatic nitrogens is 2. The van der Waals surface area contributed by atoms with Gasteiger partial charge in [-0.25, -0.2) is 13.5 Å². The minimum atomic E-state index is -0.338. The molecule has 1 atom stereocenters. The molecule has 3 aromatic carbocycles. The molecule has 1 amide bonds. The highest BCUT2D eigenvalue weighted by Gasteiger charge is 2.34. The summed E-state index contributed by atoms with van der Waals surface area (Å²) in [5.74, 6) is -0.397. The fraction of sp³-hybridized carbons (Fsp3) is 0.185. The molecule has 5 rings (SSSR count). The third kappa shape index (κ3) is 4.41. The summed E-state index contributed by atoms with van der Waals surface area (Å²) >= 11 is 0. The number of phenolic OH excluding ortho intramolecular Hbond substituents is 1. The summed E-state index contributed by atoms with van der Waals surface area (Å²) in [4.78, 5) is 14.7. The first-order valence-electron chi connectivity index (χ1n) is 11.2. The van der Waals surface area contributed by atoms with E-state index in [1.165, 1.54) is 24.3 Å². The van der Waals surface area contributed by atoms with Gasteiger partial charge in [0.1, 0.15) is 17.4 Å². The molecule has 0 spiro atoms. The van der Waals surface area contributed by atoms with Gasteiger partial charge in [0.25, 0.3) is 0 Å². The number of carbonyl (C=O) groups is 1. The second-order valence-electron chi connectivity index (χ2n) is 8.42. The van der Waals surface area contributed by atoms with E-state index in [4.69, 9.17) is 5.10 Å². The molecular weight excluding hydrogens is 436 g/mol. The maximum absolute atomic E-state index is 13.6. The largest absolute Gasteiger partial charge is 0.508 e. The number of benzene rings is 3. The topological polar surface area (TPSA) is 58.4 Å². The number of nitrogens with zero attached hydrogens (tertiary/aromatic N) is 3. The van der Waals surface area contributed by atoms with E-state index in [0.717, 1.165) is 16.7 Å². The lowest BCUT2D eigenvalue weighted by molar-refractivity contribution is -0.129. The van der Waals surface area contributed by atoms with Gasteiger partial charge < -0.3 is 10.0 Å². The molecule has 5 nitrogen and oxygen atoms in total. The third-order valence-corrected chi connectivity index (χ3v) is 6.22. The van der Waals surface area contributed by atoms with Gasteiger partial charge in [0.15, 0.2) is 0 Å². The number of carbonyl (C=O) groups excluding carboxylic acids is 1. The Morgan fingerprint density at radius 3 is 2.24 bits per heavy atom. The van der Waals surface area contributed by atoms with Crippen molar-refractivity contribution in [2.75, 3.05) is 6.54 Å². The molecule has 1 aromatic heterocycles. The van der Waals surface area contributed by atoms with Crippen molar-refractivity contribution >= 4 is 5.91 Å². The second-order valence-corrected chi connectivity index (χ2v) is 8.42. The van der Waals surface area contributed by atoms with Crippen molar-refractivity contribution in [3.8, 4) is 22.7 Å². The number of halogens is 2. The van der Waals surface area contributed by atoms with Crippen LogP contribution in [0.15, 0.2) is 79.0 Å². The number of hydrogen-bond donors (Lipinski definition) is 1. The Bertz CT molecular complexity index is 1300. The summed E-state index contributed by atoms with van der Waals surface area (Å²) in [5, 5.41) is 14.3. The van der Waals surface area contributed by atoms with Crippen LogP contribution in [0.4, 0.5) is 8.78 Å². The highest BCUT2D eigenvalue weighted by molar-refractivity contribution is 5.80. The van der Waals surface area contributed by atoms with Crippen molar-refractivity contribution in [2.45, 2.75) is 25.3 Å². The van der Waals surface area contributed by atoms with Crippen molar-refractivity contribution < 1.29 is 18.7 Å². The smallest absolute Gasteiger partial charge is 0.223 e. The number of hydrogen-bond acceptors (Lipinski definition) is 3. The Morgan fingerprint density at radius 2 is 1.56 bits per heavy atom. The molecule has 1 unspecified atom stereocenters. The fourth-order valence-electron chi connectivity index (χ4n) is 4.44. The third-order valence-electron chi connectivity index (χ3n) is 6.22. The van der Waals surface area contributed by atoms with Crippen molar-refractivity contribution in [3.63, 3.8) is 0 Å². The van der Waals surface area contributed by atoms with E-state index in [1.54, 1.807) is 41.1 Å². The zero-order valence-electron chi connectivity index (χ0n) is 18.4. The summed E-state index contributed by atoms with van der Waals surface area (Å²) in [6.45, 7) is 0.527. The minimum Gasteiger partial charge on any atom is -0.508 e. The number of aromatic hydroxyl groups is 1. The van der Waals surface area contributed by atoms with Crippen LogP contribution in [-0.4, -0.2) is 32.2 Å². The predicted molar refractivity (Wildman–Crippen MR) is 124 cm³/mol. The van der Waals surface area contributed by atoms with Gasteiger partial charge in [-0.05, 0) is 79.1 Å². The lowest BCUT2D eigenvalue weighted by atomic mass is 10.0. The minimum absolute atomic E-state index is 0.0726. The van der Waals surface area contributed by atoms with E-state index in [1.807, 2.05) is 23.2 Å². The second kappa shape index (κ2) is 9.09. The van der Waals surface area contributed by atoms with Gasteiger partial charge in [-0.1, -0.05) is 12.1 Å². The SMILES string of the molecule is O=C1CCC(c2cn(-c3ccc(F)cc3)nc2-c2ccc(F)cc2)N1CCc1ccc(O)cc1. The predicted octanol–water partition coefficient (Wildman–Crippen LogP) is 5.43. The molecule has 7 heteroatoms. The summed E-state index contributed by atoms with van der Waals surface area (Å²) in [6.07, 6.45) is 3.62.